The minimum atomic E-state index is 0.116. The highest BCUT2D eigenvalue weighted by molar-refractivity contribution is 5.76. The number of carbonyl (C=O) groups excluding carboxylic acids is 1. The van der Waals surface area contributed by atoms with Crippen molar-refractivity contribution >= 4 is 5.91 Å². The van der Waals surface area contributed by atoms with Gasteiger partial charge in [0, 0.05) is 13.0 Å². The number of nitrogens with one attached hydrogen (secondary N) is 1. The molecule has 1 aromatic heterocycles. The number of amides is 1. The van der Waals surface area contributed by atoms with Gasteiger partial charge in [0.1, 0.15) is 5.76 Å². The van der Waals surface area contributed by atoms with E-state index in [0.717, 1.165) is 31.7 Å². The fraction of sp³-hybridized carbons (Fsp3) is 0.600. The molecule has 1 N–H and O–H groups in total. The lowest BCUT2D eigenvalue weighted by Crippen LogP contribution is -2.36. The molecule has 1 atom stereocenters. The first-order valence-corrected chi connectivity index (χ1v) is 7.17. The molecule has 1 aliphatic heterocycles. The van der Waals surface area contributed by atoms with E-state index in [1.807, 2.05) is 12.1 Å². The summed E-state index contributed by atoms with van der Waals surface area (Å²) in [6, 6.07) is 5.77. The fourth-order valence-corrected chi connectivity index (χ4v) is 2.54. The van der Waals surface area contributed by atoms with E-state index in [0.29, 0.717) is 31.8 Å². The van der Waals surface area contributed by atoms with Crippen molar-refractivity contribution in [1.29, 1.82) is 5.26 Å². The molecule has 1 amide bonds. The van der Waals surface area contributed by atoms with E-state index >= 15 is 0 Å². The van der Waals surface area contributed by atoms with E-state index in [4.69, 9.17) is 9.68 Å². The molecule has 0 bridgehead atoms. The Hall–Kier alpha value is -1.80. The van der Waals surface area contributed by atoms with E-state index in [1.54, 1.807) is 11.2 Å². The van der Waals surface area contributed by atoms with Crippen LogP contribution in [-0.2, 0) is 11.3 Å². The van der Waals surface area contributed by atoms with Crippen LogP contribution in [0.1, 0.15) is 31.4 Å². The lowest BCUT2D eigenvalue weighted by atomic mass is 9.95. The summed E-state index contributed by atoms with van der Waals surface area (Å²) in [4.78, 5) is 14.1. The predicted octanol–water partition coefficient (Wildman–Crippen LogP) is 1.91. The van der Waals surface area contributed by atoms with Crippen molar-refractivity contribution in [1.82, 2.24) is 10.2 Å². The van der Waals surface area contributed by atoms with Gasteiger partial charge in [-0.15, -0.1) is 0 Å². The molecule has 1 fully saturated rings. The Labute approximate surface area is 119 Å². The Kier molecular flexibility index (Phi) is 5.63. The number of hydrogen-bond acceptors (Lipinski definition) is 4. The maximum Gasteiger partial charge on any atom is 0.223 e. The van der Waals surface area contributed by atoms with Crippen LogP contribution in [0.4, 0.5) is 0 Å². The summed E-state index contributed by atoms with van der Waals surface area (Å²) in [7, 11) is 0. The van der Waals surface area contributed by atoms with Gasteiger partial charge in [-0.05, 0) is 44.0 Å². The largest absolute Gasteiger partial charge is 0.467 e. The van der Waals surface area contributed by atoms with Crippen molar-refractivity contribution < 1.29 is 9.21 Å². The van der Waals surface area contributed by atoms with Crippen LogP contribution in [0.3, 0.4) is 0 Å². The molecule has 1 aromatic rings. The molecule has 0 radical (unpaired) electrons. The molecule has 5 heteroatoms. The second kappa shape index (κ2) is 7.71. The van der Waals surface area contributed by atoms with Gasteiger partial charge >= 0.3 is 0 Å². The summed E-state index contributed by atoms with van der Waals surface area (Å²) in [6.07, 6.45) is 4.75. The topological polar surface area (TPSA) is 69.3 Å². The molecule has 0 spiro atoms. The molecule has 1 aliphatic rings. The van der Waals surface area contributed by atoms with Gasteiger partial charge in [0.2, 0.25) is 5.91 Å². The van der Waals surface area contributed by atoms with Crippen LogP contribution >= 0.6 is 0 Å². The standard InChI is InChI=1S/C15H21N3O2/c16-6-3-8-18(12-14-5-2-9-20-14)15(19)10-13-4-1-7-17-11-13/h2,5,9,13,17H,1,3-4,7-8,10-12H2. The zero-order valence-electron chi connectivity index (χ0n) is 11.7. The molecule has 0 saturated carbocycles. The summed E-state index contributed by atoms with van der Waals surface area (Å²) in [5.41, 5.74) is 0. The first kappa shape index (κ1) is 14.6. The summed E-state index contributed by atoms with van der Waals surface area (Å²) < 4.78 is 5.29. The number of carbonyl (C=O) groups is 1. The molecular weight excluding hydrogens is 254 g/mol. The maximum absolute atomic E-state index is 12.4. The van der Waals surface area contributed by atoms with Crippen LogP contribution < -0.4 is 5.32 Å². The summed E-state index contributed by atoms with van der Waals surface area (Å²) in [5.74, 6) is 1.29. The third-order valence-electron chi connectivity index (χ3n) is 3.64. The molecule has 2 heterocycles. The van der Waals surface area contributed by atoms with Crippen molar-refractivity contribution in [3.8, 4) is 6.07 Å². The summed E-state index contributed by atoms with van der Waals surface area (Å²) in [5, 5.41) is 12.0. The minimum Gasteiger partial charge on any atom is -0.467 e. The minimum absolute atomic E-state index is 0.116. The van der Waals surface area contributed by atoms with Gasteiger partial charge in [-0.3, -0.25) is 4.79 Å². The molecular formula is C15H21N3O2. The molecule has 1 unspecified atom stereocenters. The van der Waals surface area contributed by atoms with Crippen LogP contribution in [0.15, 0.2) is 22.8 Å². The van der Waals surface area contributed by atoms with Crippen molar-refractivity contribution in [3.05, 3.63) is 24.2 Å². The summed E-state index contributed by atoms with van der Waals surface area (Å²) in [6.45, 7) is 2.89. The molecule has 1 saturated heterocycles. The van der Waals surface area contributed by atoms with Crippen molar-refractivity contribution in [2.45, 2.75) is 32.2 Å². The van der Waals surface area contributed by atoms with Gasteiger partial charge < -0.3 is 14.6 Å². The van der Waals surface area contributed by atoms with E-state index < -0.39 is 0 Å². The second-order valence-corrected chi connectivity index (χ2v) is 5.22. The fourth-order valence-electron chi connectivity index (χ4n) is 2.54. The number of furan rings is 1. The van der Waals surface area contributed by atoms with E-state index in [1.165, 1.54) is 0 Å². The third kappa shape index (κ3) is 4.39. The zero-order valence-corrected chi connectivity index (χ0v) is 11.7. The number of piperidine rings is 1. The molecule has 0 aliphatic carbocycles. The number of nitrogens with zero attached hydrogens (tertiary/aromatic N) is 2. The van der Waals surface area contributed by atoms with E-state index in [-0.39, 0.29) is 5.91 Å². The molecule has 5 nitrogen and oxygen atoms in total. The Morgan fingerprint density at radius 3 is 3.15 bits per heavy atom. The van der Waals surface area contributed by atoms with Crippen LogP contribution in [0.5, 0.6) is 0 Å². The maximum atomic E-state index is 12.4. The monoisotopic (exact) mass is 275 g/mol. The highest BCUT2D eigenvalue weighted by Crippen LogP contribution is 2.17. The van der Waals surface area contributed by atoms with Gasteiger partial charge in [0.15, 0.2) is 0 Å². The normalized spacial score (nSPS) is 18.4. The Balaban J connectivity index is 1.90. The van der Waals surface area contributed by atoms with E-state index in [2.05, 4.69) is 11.4 Å². The third-order valence-corrected chi connectivity index (χ3v) is 3.64. The average molecular weight is 275 g/mol. The van der Waals surface area contributed by atoms with Gasteiger partial charge in [-0.2, -0.15) is 5.26 Å². The van der Waals surface area contributed by atoms with Gasteiger partial charge in [0.05, 0.1) is 25.3 Å². The smallest absolute Gasteiger partial charge is 0.223 e. The van der Waals surface area contributed by atoms with Crippen molar-refractivity contribution in [2.24, 2.45) is 5.92 Å². The van der Waals surface area contributed by atoms with Crippen LogP contribution in [0.2, 0.25) is 0 Å². The SMILES string of the molecule is N#CCCN(Cc1ccco1)C(=O)CC1CCCNC1. The quantitative estimate of drug-likeness (QED) is 0.861. The first-order valence-electron chi connectivity index (χ1n) is 7.17. The molecule has 20 heavy (non-hydrogen) atoms. The lowest BCUT2D eigenvalue weighted by molar-refractivity contribution is -0.133. The van der Waals surface area contributed by atoms with Crippen molar-refractivity contribution in [2.75, 3.05) is 19.6 Å². The Bertz CT molecular complexity index is 444. The van der Waals surface area contributed by atoms with Crippen LogP contribution in [0.25, 0.3) is 0 Å². The van der Waals surface area contributed by atoms with Gasteiger partial charge in [-0.25, -0.2) is 0 Å². The van der Waals surface area contributed by atoms with Crippen LogP contribution in [0, 0.1) is 17.2 Å². The highest BCUT2D eigenvalue weighted by Gasteiger charge is 2.21. The van der Waals surface area contributed by atoms with Gasteiger partial charge in [-0.1, -0.05) is 0 Å². The Morgan fingerprint density at radius 2 is 2.50 bits per heavy atom. The summed E-state index contributed by atoms with van der Waals surface area (Å²) >= 11 is 0. The van der Waals surface area contributed by atoms with Gasteiger partial charge in [0.25, 0.3) is 0 Å². The second-order valence-electron chi connectivity index (χ2n) is 5.22. The number of rotatable bonds is 6. The predicted molar refractivity (Wildman–Crippen MR) is 74.6 cm³/mol. The van der Waals surface area contributed by atoms with Crippen molar-refractivity contribution in [3.63, 3.8) is 0 Å². The molecule has 108 valence electrons. The Morgan fingerprint density at radius 1 is 1.60 bits per heavy atom. The average Bonchev–Trinajstić information content (AvgIpc) is 2.97. The highest BCUT2D eigenvalue weighted by atomic mass is 16.3. The zero-order chi connectivity index (χ0) is 14.2. The first-order chi connectivity index (χ1) is 9.79. The number of hydrogen-bond donors (Lipinski definition) is 1. The molecule has 2 rings (SSSR count). The van der Waals surface area contributed by atoms with E-state index in [9.17, 15) is 4.79 Å². The molecule has 0 aromatic carbocycles. The number of nitriles is 1. The van der Waals surface area contributed by atoms with Crippen LogP contribution in [-0.4, -0.2) is 30.4 Å². The lowest BCUT2D eigenvalue weighted by Gasteiger charge is -2.26.